The number of nitrogens with zero attached hydrogens (tertiary/aromatic N) is 2. The lowest BCUT2D eigenvalue weighted by molar-refractivity contribution is -0.122. The molecule has 1 aromatic carbocycles. The van der Waals surface area contributed by atoms with Crippen molar-refractivity contribution in [3.05, 3.63) is 42.0 Å². The van der Waals surface area contributed by atoms with Crippen molar-refractivity contribution >= 4 is 32.6 Å². The van der Waals surface area contributed by atoms with E-state index in [4.69, 9.17) is 0 Å². The molecule has 3 aromatic rings. The van der Waals surface area contributed by atoms with Crippen molar-refractivity contribution in [2.75, 3.05) is 5.32 Å². The van der Waals surface area contributed by atoms with Gasteiger partial charge in [0.05, 0.1) is 16.4 Å². The molecule has 0 saturated heterocycles. The summed E-state index contributed by atoms with van der Waals surface area (Å²) in [5.41, 5.74) is 3.07. The molecule has 1 amide bonds. The summed E-state index contributed by atoms with van der Waals surface area (Å²) in [5.74, 6) is -0.121. The Kier molecular flexibility index (Phi) is 3.76. The summed E-state index contributed by atoms with van der Waals surface area (Å²) >= 11 is 1.44. The number of benzene rings is 1. The van der Waals surface area contributed by atoms with Gasteiger partial charge in [-0.1, -0.05) is 23.8 Å². The molecule has 24 heavy (non-hydrogen) atoms. The molecule has 122 valence electrons. The van der Waals surface area contributed by atoms with Gasteiger partial charge in [0, 0.05) is 17.7 Å². The number of hydrogen-bond acceptors (Lipinski definition) is 4. The van der Waals surface area contributed by atoms with Gasteiger partial charge >= 0.3 is 0 Å². The molecule has 4 nitrogen and oxygen atoms in total. The number of rotatable bonds is 3. The highest BCUT2D eigenvalue weighted by Crippen LogP contribution is 2.33. The van der Waals surface area contributed by atoms with E-state index >= 15 is 0 Å². The Balaban J connectivity index is 1.65. The van der Waals surface area contributed by atoms with E-state index in [-0.39, 0.29) is 17.6 Å². The van der Waals surface area contributed by atoms with Crippen molar-refractivity contribution < 1.29 is 9.18 Å². The number of carbonyl (C=O) groups excluding carboxylic acids is 1. The van der Waals surface area contributed by atoms with E-state index in [9.17, 15) is 9.18 Å². The first-order chi connectivity index (χ1) is 11.6. The molecule has 1 N–H and O–H groups in total. The second-order valence-electron chi connectivity index (χ2n) is 6.11. The molecular weight excluding hydrogens is 325 g/mol. The normalized spacial score (nSPS) is 14.6. The van der Waals surface area contributed by atoms with Crippen LogP contribution in [0.4, 0.5) is 9.52 Å². The van der Waals surface area contributed by atoms with E-state index in [1.807, 2.05) is 18.2 Å². The van der Waals surface area contributed by atoms with E-state index in [0.717, 1.165) is 40.6 Å². The topological polar surface area (TPSA) is 54.9 Å². The second kappa shape index (κ2) is 5.94. The maximum absolute atomic E-state index is 13.7. The van der Waals surface area contributed by atoms with Crippen LogP contribution < -0.4 is 5.32 Å². The molecule has 2 aromatic heterocycles. The number of halogens is 1. The highest BCUT2D eigenvalue weighted by molar-refractivity contribution is 7.22. The van der Waals surface area contributed by atoms with Gasteiger partial charge in [-0.2, -0.15) is 0 Å². The SMILES string of the molecule is Cc1c(F)cncc1-c1ccc2nc(NC(=O)C3CCC3)sc2c1. The fourth-order valence-corrected chi connectivity index (χ4v) is 3.72. The van der Waals surface area contributed by atoms with Crippen LogP contribution in [0.5, 0.6) is 0 Å². The summed E-state index contributed by atoms with van der Waals surface area (Å²) in [6, 6.07) is 5.77. The molecule has 6 heteroatoms. The molecule has 4 rings (SSSR count). The molecule has 0 unspecified atom stereocenters. The number of carbonyl (C=O) groups is 1. The van der Waals surface area contributed by atoms with Crippen molar-refractivity contribution in [3.63, 3.8) is 0 Å². The lowest BCUT2D eigenvalue weighted by atomic mass is 9.85. The zero-order valence-electron chi connectivity index (χ0n) is 13.2. The molecule has 1 saturated carbocycles. The number of thiazole rings is 1. The first-order valence-electron chi connectivity index (χ1n) is 7.94. The number of fused-ring (bicyclic) bond motifs is 1. The van der Waals surface area contributed by atoms with Crippen molar-refractivity contribution in [1.82, 2.24) is 9.97 Å². The van der Waals surface area contributed by atoms with Crippen LogP contribution in [0.2, 0.25) is 0 Å². The van der Waals surface area contributed by atoms with Gasteiger partial charge in [0.15, 0.2) is 5.13 Å². The van der Waals surface area contributed by atoms with Crippen molar-refractivity contribution in [2.45, 2.75) is 26.2 Å². The van der Waals surface area contributed by atoms with Crippen LogP contribution in [0, 0.1) is 18.7 Å². The molecule has 1 fully saturated rings. The highest BCUT2D eigenvalue weighted by Gasteiger charge is 2.25. The minimum atomic E-state index is -0.314. The fraction of sp³-hybridized carbons (Fsp3) is 0.278. The molecule has 0 spiro atoms. The standard InChI is InChI=1S/C18H16FN3OS/c1-10-13(8-20-9-14(10)19)12-5-6-15-16(7-12)24-18(21-15)22-17(23)11-3-2-4-11/h5-9,11H,2-4H2,1H3,(H,21,22,23). The zero-order valence-corrected chi connectivity index (χ0v) is 14.0. The number of pyridine rings is 1. The third-order valence-electron chi connectivity index (χ3n) is 4.56. The Bertz CT molecular complexity index is 933. The van der Waals surface area contributed by atoms with Crippen molar-refractivity contribution in [1.29, 1.82) is 0 Å². The van der Waals surface area contributed by atoms with Crippen LogP contribution in [0.1, 0.15) is 24.8 Å². The smallest absolute Gasteiger partial charge is 0.229 e. The number of hydrogen-bond donors (Lipinski definition) is 1. The van der Waals surface area contributed by atoms with Crippen LogP contribution in [-0.2, 0) is 4.79 Å². The molecule has 2 heterocycles. The lowest BCUT2D eigenvalue weighted by Gasteiger charge is -2.23. The third kappa shape index (κ3) is 2.67. The van der Waals surface area contributed by atoms with E-state index in [1.54, 1.807) is 13.1 Å². The van der Waals surface area contributed by atoms with Crippen LogP contribution in [0.3, 0.4) is 0 Å². The predicted octanol–water partition coefficient (Wildman–Crippen LogP) is 4.54. The minimum absolute atomic E-state index is 0.0608. The summed E-state index contributed by atoms with van der Waals surface area (Å²) in [7, 11) is 0. The van der Waals surface area contributed by atoms with Gasteiger partial charge in [-0.25, -0.2) is 9.37 Å². The summed E-state index contributed by atoms with van der Waals surface area (Å²) < 4.78 is 14.7. The monoisotopic (exact) mass is 341 g/mol. The fourth-order valence-electron chi connectivity index (χ4n) is 2.81. The Hall–Kier alpha value is -2.34. The highest BCUT2D eigenvalue weighted by atomic mass is 32.1. The summed E-state index contributed by atoms with van der Waals surface area (Å²) in [6.07, 6.45) is 5.94. The van der Waals surface area contributed by atoms with E-state index in [1.165, 1.54) is 17.5 Å². The number of amides is 1. The number of nitrogens with one attached hydrogen (secondary N) is 1. The molecule has 0 atom stereocenters. The Labute approximate surface area is 142 Å². The summed E-state index contributed by atoms with van der Waals surface area (Å²) in [4.78, 5) is 20.4. The average molecular weight is 341 g/mol. The second-order valence-corrected chi connectivity index (χ2v) is 7.14. The van der Waals surface area contributed by atoms with Gasteiger partial charge in [0.2, 0.25) is 5.91 Å². The Morgan fingerprint density at radius 1 is 1.33 bits per heavy atom. The average Bonchev–Trinajstić information content (AvgIpc) is 2.89. The van der Waals surface area contributed by atoms with Gasteiger partial charge in [-0.15, -0.1) is 0 Å². The van der Waals surface area contributed by atoms with Gasteiger partial charge in [0.1, 0.15) is 5.82 Å². The van der Waals surface area contributed by atoms with Crippen LogP contribution >= 0.6 is 11.3 Å². The first kappa shape index (κ1) is 15.2. The molecular formula is C18H16FN3OS. The largest absolute Gasteiger partial charge is 0.302 e. The Morgan fingerprint density at radius 2 is 2.17 bits per heavy atom. The molecule has 0 bridgehead atoms. The van der Waals surface area contributed by atoms with E-state index in [0.29, 0.717) is 10.7 Å². The summed E-state index contributed by atoms with van der Waals surface area (Å²) in [6.45, 7) is 1.74. The van der Waals surface area contributed by atoms with Gasteiger partial charge in [-0.05, 0) is 43.0 Å². The summed E-state index contributed by atoms with van der Waals surface area (Å²) in [5, 5.41) is 3.53. The number of anilines is 1. The third-order valence-corrected chi connectivity index (χ3v) is 5.49. The zero-order chi connectivity index (χ0) is 16.7. The van der Waals surface area contributed by atoms with Gasteiger partial charge in [-0.3, -0.25) is 9.78 Å². The van der Waals surface area contributed by atoms with E-state index < -0.39 is 0 Å². The van der Waals surface area contributed by atoms with Gasteiger partial charge < -0.3 is 5.32 Å². The first-order valence-corrected chi connectivity index (χ1v) is 8.75. The van der Waals surface area contributed by atoms with Crippen molar-refractivity contribution in [3.8, 4) is 11.1 Å². The molecule has 1 aliphatic carbocycles. The minimum Gasteiger partial charge on any atom is -0.302 e. The van der Waals surface area contributed by atoms with Crippen LogP contribution in [0.15, 0.2) is 30.6 Å². The lowest BCUT2D eigenvalue weighted by Crippen LogP contribution is -2.27. The molecule has 1 aliphatic rings. The molecule has 0 aliphatic heterocycles. The maximum atomic E-state index is 13.7. The van der Waals surface area contributed by atoms with E-state index in [2.05, 4.69) is 15.3 Å². The maximum Gasteiger partial charge on any atom is 0.229 e. The number of aromatic nitrogens is 2. The quantitative estimate of drug-likeness (QED) is 0.761. The van der Waals surface area contributed by atoms with Gasteiger partial charge in [0.25, 0.3) is 0 Å². The molecule has 0 radical (unpaired) electrons. The van der Waals surface area contributed by atoms with Crippen LogP contribution in [0.25, 0.3) is 21.3 Å². The van der Waals surface area contributed by atoms with Crippen molar-refractivity contribution in [2.24, 2.45) is 5.92 Å². The predicted molar refractivity (Wildman–Crippen MR) is 93.5 cm³/mol. The Morgan fingerprint density at radius 3 is 2.92 bits per heavy atom. The van der Waals surface area contributed by atoms with Crippen LogP contribution in [-0.4, -0.2) is 15.9 Å².